The van der Waals surface area contributed by atoms with Gasteiger partial charge in [-0.05, 0) is 50.5 Å². The van der Waals surface area contributed by atoms with E-state index in [4.69, 9.17) is 4.74 Å². The van der Waals surface area contributed by atoms with Gasteiger partial charge < -0.3 is 29.6 Å². The lowest BCUT2D eigenvalue weighted by molar-refractivity contribution is -0.150. The number of anilines is 2. The molecule has 5 rings (SSSR count). The molecule has 4 atom stereocenters. The molecule has 2 aromatic rings. The van der Waals surface area contributed by atoms with Crippen LogP contribution in [0.2, 0.25) is 0 Å². The van der Waals surface area contributed by atoms with Crippen molar-refractivity contribution in [3.05, 3.63) is 72.3 Å². The Morgan fingerprint density at radius 3 is 2.58 bits per heavy atom. The number of carbonyl (C=O) groups is 3. The second-order valence-corrected chi connectivity index (χ2v) is 12.5. The van der Waals surface area contributed by atoms with E-state index in [1.165, 1.54) is 0 Å². The third kappa shape index (κ3) is 5.61. The Hall–Kier alpha value is -3.53. The summed E-state index contributed by atoms with van der Waals surface area (Å²) in [6.07, 6.45) is 3.06. The molecular formula is C34H43N3O6. The van der Waals surface area contributed by atoms with E-state index in [-0.39, 0.29) is 43.8 Å². The smallest absolute Gasteiger partial charge is 0.264 e. The van der Waals surface area contributed by atoms with E-state index in [0.717, 1.165) is 18.4 Å². The quantitative estimate of drug-likeness (QED) is 0.409. The van der Waals surface area contributed by atoms with E-state index in [0.29, 0.717) is 36.4 Å². The van der Waals surface area contributed by atoms with Crippen LogP contribution in [0.25, 0.3) is 0 Å². The number of rotatable bonds is 10. The molecule has 2 saturated heterocycles. The van der Waals surface area contributed by atoms with Gasteiger partial charge in [-0.15, -0.1) is 6.58 Å². The maximum Gasteiger partial charge on any atom is 0.264 e. The van der Waals surface area contributed by atoms with Gasteiger partial charge in [-0.25, -0.2) is 0 Å². The summed E-state index contributed by atoms with van der Waals surface area (Å²) in [6.45, 7) is 10.3. The van der Waals surface area contributed by atoms with E-state index >= 15 is 0 Å². The van der Waals surface area contributed by atoms with Crippen LogP contribution in [0, 0.1) is 11.8 Å². The Morgan fingerprint density at radius 1 is 1.19 bits per heavy atom. The fraction of sp³-hybridized carbons (Fsp3) is 0.500. The summed E-state index contributed by atoms with van der Waals surface area (Å²) in [6, 6.07) is 15.2. The minimum atomic E-state index is -1.45. The van der Waals surface area contributed by atoms with Gasteiger partial charge in [-0.3, -0.25) is 14.4 Å². The van der Waals surface area contributed by atoms with Gasteiger partial charge in [0.15, 0.2) is 5.60 Å². The molecule has 3 amide bonds. The minimum absolute atomic E-state index is 0.0492. The SMILES string of the molecule is C=CCN1C(=O)[C@@]2(O[C@@H](CC(=O)N(CCO)Cc3ccccc3)[C@H](C(C)(C)O)[C@H]2C)c2cc(N3CCCCC3=O)ccc21. The summed E-state index contributed by atoms with van der Waals surface area (Å²) >= 11 is 0. The van der Waals surface area contributed by atoms with Crippen LogP contribution in [-0.2, 0) is 31.3 Å². The molecule has 9 nitrogen and oxygen atoms in total. The van der Waals surface area contributed by atoms with Crippen LogP contribution in [0.4, 0.5) is 11.4 Å². The van der Waals surface area contributed by atoms with Crippen molar-refractivity contribution in [1.29, 1.82) is 0 Å². The summed E-state index contributed by atoms with van der Waals surface area (Å²) in [5.41, 5.74) is 0.232. The summed E-state index contributed by atoms with van der Waals surface area (Å²) in [7, 11) is 0. The average molecular weight is 590 g/mol. The second kappa shape index (κ2) is 12.2. The Bertz CT molecular complexity index is 1370. The molecule has 2 N–H and O–H groups in total. The third-order valence-electron chi connectivity index (χ3n) is 9.23. The number of piperidine rings is 1. The van der Waals surface area contributed by atoms with Crippen molar-refractivity contribution in [3.8, 4) is 0 Å². The monoisotopic (exact) mass is 589 g/mol. The number of benzene rings is 2. The van der Waals surface area contributed by atoms with Crippen molar-refractivity contribution >= 4 is 29.1 Å². The Morgan fingerprint density at radius 2 is 1.93 bits per heavy atom. The first-order valence-corrected chi connectivity index (χ1v) is 15.2. The number of amides is 3. The van der Waals surface area contributed by atoms with Crippen LogP contribution in [0.5, 0.6) is 0 Å². The standard InChI is InChI=1S/C34H43N3O6/c1-5-16-37-27-15-14-25(36-17-10-9-13-29(36)39)20-26(27)34(32(37)41)23(2)31(33(3,4)42)28(43-34)21-30(40)35(18-19-38)22-24-11-7-6-8-12-24/h5-8,11-12,14-15,20,23,28,31,38,42H,1,9-10,13,16-19,21-22H2,2-4H3/t23-,28+,31-,34+/m1/s1. The molecule has 230 valence electrons. The lowest BCUT2D eigenvalue weighted by Gasteiger charge is -2.34. The van der Waals surface area contributed by atoms with E-state index in [2.05, 4.69) is 6.58 Å². The van der Waals surface area contributed by atoms with Crippen LogP contribution >= 0.6 is 0 Å². The van der Waals surface area contributed by atoms with Crippen molar-refractivity contribution in [3.63, 3.8) is 0 Å². The predicted octanol–water partition coefficient (Wildman–Crippen LogP) is 3.76. The van der Waals surface area contributed by atoms with E-state index in [1.54, 1.807) is 34.6 Å². The largest absolute Gasteiger partial charge is 0.395 e. The van der Waals surface area contributed by atoms with Crippen LogP contribution in [-0.4, -0.2) is 70.8 Å². The number of aliphatic hydroxyl groups is 2. The zero-order valence-electron chi connectivity index (χ0n) is 25.4. The normalized spacial score (nSPS) is 25.4. The first kappa shape index (κ1) is 30.9. The minimum Gasteiger partial charge on any atom is -0.395 e. The highest BCUT2D eigenvalue weighted by atomic mass is 16.5. The summed E-state index contributed by atoms with van der Waals surface area (Å²) < 4.78 is 6.80. The maximum absolute atomic E-state index is 14.4. The van der Waals surface area contributed by atoms with Crippen LogP contribution in [0.3, 0.4) is 0 Å². The summed E-state index contributed by atoms with van der Waals surface area (Å²) in [5, 5.41) is 21.2. The lowest BCUT2D eigenvalue weighted by Crippen LogP contribution is -2.46. The predicted molar refractivity (Wildman–Crippen MR) is 164 cm³/mol. The highest BCUT2D eigenvalue weighted by Gasteiger charge is 2.66. The van der Waals surface area contributed by atoms with Crippen molar-refractivity contribution < 1.29 is 29.3 Å². The first-order chi connectivity index (χ1) is 20.5. The molecule has 0 radical (unpaired) electrons. The summed E-state index contributed by atoms with van der Waals surface area (Å²) in [4.78, 5) is 46.0. The van der Waals surface area contributed by atoms with Gasteiger partial charge in [-0.1, -0.05) is 43.3 Å². The van der Waals surface area contributed by atoms with Gasteiger partial charge in [0.05, 0.1) is 30.4 Å². The zero-order valence-corrected chi connectivity index (χ0v) is 25.4. The number of hydrogen-bond donors (Lipinski definition) is 2. The van der Waals surface area contributed by atoms with Crippen molar-refractivity contribution in [2.24, 2.45) is 11.8 Å². The molecule has 0 unspecified atom stereocenters. The van der Waals surface area contributed by atoms with Crippen LogP contribution < -0.4 is 9.80 Å². The molecule has 3 aliphatic rings. The van der Waals surface area contributed by atoms with Crippen molar-refractivity contribution in [2.45, 2.75) is 70.3 Å². The molecular weight excluding hydrogens is 546 g/mol. The number of hydrogen-bond acceptors (Lipinski definition) is 6. The molecule has 0 aromatic heterocycles. The van der Waals surface area contributed by atoms with E-state index < -0.39 is 29.1 Å². The van der Waals surface area contributed by atoms with Gasteiger partial charge >= 0.3 is 0 Å². The van der Waals surface area contributed by atoms with Gasteiger partial charge in [0, 0.05) is 55.7 Å². The van der Waals surface area contributed by atoms with E-state index in [1.807, 2.05) is 55.5 Å². The van der Waals surface area contributed by atoms with Crippen molar-refractivity contribution in [2.75, 3.05) is 36.0 Å². The maximum atomic E-state index is 14.4. The number of nitrogens with zero attached hydrogens (tertiary/aromatic N) is 3. The molecule has 3 aliphatic heterocycles. The van der Waals surface area contributed by atoms with Crippen LogP contribution in [0.1, 0.15) is 57.6 Å². The van der Waals surface area contributed by atoms with Gasteiger partial charge in [0.1, 0.15) is 0 Å². The second-order valence-electron chi connectivity index (χ2n) is 12.5. The van der Waals surface area contributed by atoms with E-state index in [9.17, 15) is 24.6 Å². The third-order valence-corrected chi connectivity index (χ3v) is 9.23. The Balaban J connectivity index is 1.53. The first-order valence-electron chi connectivity index (χ1n) is 15.2. The molecule has 3 heterocycles. The molecule has 2 fully saturated rings. The molecule has 0 saturated carbocycles. The summed E-state index contributed by atoms with van der Waals surface area (Å²) in [5.74, 6) is -1.52. The fourth-order valence-corrected chi connectivity index (χ4v) is 7.34. The Kier molecular flexibility index (Phi) is 8.79. The topological polar surface area (TPSA) is 111 Å². The lowest BCUT2D eigenvalue weighted by atomic mass is 9.70. The Labute approximate surface area is 253 Å². The molecule has 2 aromatic carbocycles. The van der Waals surface area contributed by atoms with Gasteiger partial charge in [0.25, 0.3) is 5.91 Å². The average Bonchev–Trinajstić information content (AvgIpc) is 3.40. The van der Waals surface area contributed by atoms with Gasteiger partial charge in [0.2, 0.25) is 11.8 Å². The fourth-order valence-electron chi connectivity index (χ4n) is 7.34. The van der Waals surface area contributed by atoms with Gasteiger partial charge in [-0.2, -0.15) is 0 Å². The zero-order chi connectivity index (χ0) is 30.9. The molecule has 9 heteroatoms. The number of ether oxygens (including phenoxy) is 1. The van der Waals surface area contributed by atoms with Crippen LogP contribution in [0.15, 0.2) is 61.2 Å². The number of aliphatic hydroxyl groups excluding tert-OH is 1. The highest BCUT2D eigenvalue weighted by molar-refractivity contribution is 6.08. The molecule has 43 heavy (non-hydrogen) atoms. The highest BCUT2D eigenvalue weighted by Crippen LogP contribution is 2.58. The van der Waals surface area contributed by atoms with Crippen molar-refractivity contribution in [1.82, 2.24) is 4.90 Å². The molecule has 1 spiro atoms. The molecule has 0 aliphatic carbocycles. The number of carbonyl (C=O) groups excluding carboxylic acids is 3. The molecule has 0 bridgehead atoms. The number of fused-ring (bicyclic) bond motifs is 2.